The fourth-order valence-corrected chi connectivity index (χ4v) is 1.84. The summed E-state index contributed by atoms with van der Waals surface area (Å²) in [5.74, 6) is 0.340. The van der Waals surface area contributed by atoms with Gasteiger partial charge in [0.1, 0.15) is 0 Å². The Morgan fingerprint density at radius 1 is 1.42 bits per heavy atom. The molecule has 1 aliphatic rings. The minimum atomic E-state index is 0.340. The molecule has 2 nitrogen and oxygen atoms in total. The topological polar surface area (TPSA) is 32.3 Å². The van der Waals surface area contributed by atoms with E-state index >= 15 is 0 Å². The Kier molecular flexibility index (Phi) is 1.97. The standard InChI is InChI=1S/C9H10BrNO/c10-7-4-3-6-2-1-5-11-8(6)9(7)12/h3-4,11-12H,1-2,5H2. The largest absolute Gasteiger partial charge is 0.505 e. The molecule has 0 saturated carbocycles. The Labute approximate surface area is 79.7 Å². The van der Waals surface area contributed by atoms with Crippen LogP contribution in [0.25, 0.3) is 0 Å². The third kappa shape index (κ3) is 1.18. The molecule has 0 fully saturated rings. The van der Waals surface area contributed by atoms with E-state index in [1.165, 1.54) is 5.56 Å². The fourth-order valence-electron chi connectivity index (χ4n) is 1.51. The van der Waals surface area contributed by atoms with Crippen molar-refractivity contribution in [1.29, 1.82) is 0 Å². The summed E-state index contributed by atoms with van der Waals surface area (Å²) < 4.78 is 0.760. The molecular formula is C9H10BrNO. The lowest BCUT2D eigenvalue weighted by molar-refractivity contribution is 0.472. The van der Waals surface area contributed by atoms with Crippen LogP contribution in [0.5, 0.6) is 5.75 Å². The third-order valence-electron chi connectivity index (χ3n) is 2.14. The van der Waals surface area contributed by atoms with E-state index in [0.29, 0.717) is 5.75 Å². The first-order valence-electron chi connectivity index (χ1n) is 4.03. The Morgan fingerprint density at radius 2 is 2.25 bits per heavy atom. The van der Waals surface area contributed by atoms with E-state index in [2.05, 4.69) is 21.2 Å². The average molecular weight is 228 g/mol. The Bertz CT molecular complexity index is 312. The monoisotopic (exact) mass is 227 g/mol. The van der Waals surface area contributed by atoms with E-state index in [-0.39, 0.29) is 0 Å². The van der Waals surface area contributed by atoms with Crippen LogP contribution in [-0.4, -0.2) is 11.7 Å². The van der Waals surface area contributed by atoms with Gasteiger partial charge in [0.25, 0.3) is 0 Å². The van der Waals surface area contributed by atoms with E-state index in [1.807, 2.05) is 12.1 Å². The average Bonchev–Trinajstić information content (AvgIpc) is 2.12. The maximum absolute atomic E-state index is 9.63. The van der Waals surface area contributed by atoms with Crippen molar-refractivity contribution in [2.24, 2.45) is 0 Å². The van der Waals surface area contributed by atoms with E-state index in [9.17, 15) is 5.11 Å². The van der Waals surface area contributed by atoms with Gasteiger partial charge in [0.15, 0.2) is 5.75 Å². The first-order chi connectivity index (χ1) is 5.79. The highest BCUT2D eigenvalue weighted by molar-refractivity contribution is 9.10. The van der Waals surface area contributed by atoms with Gasteiger partial charge in [-0.3, -0.25) is 0 Å². The van der Waals surface area contributed by atoms with Gasteiger partial charge in [-0.15, -0.1) is 0 Å². The minimum absolute atomic E-state index is 0.340. The van der Waals surface area contributed by atoms with Crippen molar-refractivity contribution in [1.82, 2.24) is 0 Å². The van der Waals surface area contributed by atoms with Crippen molar-refractivity contribution in [3.8, 4) is 5.75 Å². The number of fused-ring (bicyclic) bond motifs is 1. The van der Waals surface area contributed by atoms with Gasteiger partial charge in [0, 0.05) is 6.54 Å². The van der Waals surface area contributed by atoms with Crippen LogP contribution in [0.2, 0.25) is 0 Å². The smallest absolute Gasteiger partial charge is 0.153 e. The number of hydrogen-bond donors (Lipinski definition) is 2. The molecule has 0 radical (unpaired) electrons. The predicted octanol–water partition coefficient (Wildman–Crippen LogP) is 2.51. The van der Waals surface area contributed by atoms with Crippen molar-refractivity contribution in [3.63, 3.8) is 0 Å². The normalized spacial score (nSPS) is 15.1. The zero-order valence-electron chi connectivity index (χ0n) is 6.60. The van der Waals surface area contributed by atoms with Gasteiger partial charge in [-0.05, 0) is 40.4 Å². The van der Waals surface area contributed by atoms with Crippen LogP contribution in [0.15, 0.2) is 16.6 Å². The highest BCUT2D eigenvalue weighted by Crippen LogP contribution is 2.37. The van der Waals surface area contributed by atoms with E-state index in [4.69, 9.17) is 0 Å². The molecular weight excluding hydrogens is 218 g/mol. The first kappa shape index (κ1) is 7.92. The molecule has 0 aromatic heterocycles. The number of hydrogen-bond acceptors (Lipinski definition) is 2. The molecule has 2 N–H and O–H groups in total. The second kappa shape index (κ2) is 2.98. The summed E-state index contributed by atoms with van der Waals surface area (Å²) in [5.41, 5.74) is 2.11. The van der Waals surface area contributed by atoms with Crippen LogP contribution >= 0.6 is 15.9 Å². The second-order valence-electron chi connectivity index (χ2n) is 2.96. The number of halogens is 1. The quantitative estimate of drug-likeness (QED) is 0.668. The molecule has 1 aliphatic heterocycles. The maximum Gasteiger partial charge on any atom is 0.153 e. The van der Waals surface area contributed by atoms with Crippen LogP contribution in [-0.2, 0) is 6.42 Å². The SMILES string of the molecule is Oc1c(Br)ccc2c1NCCC2. The molecule has 1 aromatic rings. The Morgan fingerprint density at radius 3 is 3.08 bits per heavy atom. The van der Waals surface area contributed by atoms with Crippen molar-refractivity contribution in [2.45, 2.75) is 12.8 Å². The summed E-state index contributed by atoms with van der Waals surface area (Å²) in [6.45, 7) is 0.955. The number of aryl methyl sites for hydroxylation is 1. The van der Waals surface area contributed by atoms with Crippen LogP contribution in [0, 0.1) is 0 Å². The molecule has 1 heterocycles. The van der Waals surface area contributed by atoms with Crippen molar-refractivity contribution in [2.75, 3.05) is 11.9 Å². The number of aromatic hydroxyl groups is 1. The molecule has 0 aliphatic carbocycles. The molecule has 3 heteroatoms. The lowest BCUT2D eigenvalue weighted by Gasteiger charge is -2.19. The van der Waals surface area contributed by atoms with Crippen molar-refractivity contribution >= 4 is 21.6 Å². The van der Waals surface area contributed by atoms with Crippen molar-refractivity contribution < 1.29 is 5.11 Å². The van der Waals surface area contributed by atoms with Gasteiger partial charge in [0.2, 0.25) is 0 Å². The number of anilines is 1. The summed E-state index contributed by atoms with van der Waals surface area (Å²) in [6, 6.07) is 3.94. The molecule has 12 heavy (non-hydrogen) atoms. The molecule has 64 valence electrons. The summed E-state index contributed by atoms with van der Waals surface area (Å²) in [4.78, 5) is 0. The van der Waals surface area contributed by atoms with Crippen LogP contribution < -0.4 is 5.32 Å². The zero-order chi connectivity index (χ0) is 8.55. The Balaban J connectivity index is 2.54. The fraction of sp³-hybridized carbons (Fsp3) is 0.333. The molecule has 0 bridgehead atoms. The highest BCUT2D eigenvalue weighted by atomic mass is 79.9. The number of phenols is 1. The van der Waals surface area contributed by atoms with E-state index in [1.54, 1.807) is 0 Å². The molecule has 1 aromatic carbocycles. The van der Waals surface area contributed by atoms with Gasteiger partial charge in [-0.2, -0.15) is 0 Å². The van der Waals surface area contributed by atoms with Gasteiger partial charge in [0.05, 0.1) is 10.2 Å². The maximum atomic E-state index is 9.63. The number of phenolic OH excluding ortho intramolecular Hbond substituents is 1. The molecule has 0 amide bonds. The van der Waals surface area contributed by atoms with Crippen molar-refractivity contribution in [3.05, 3.63) is 22.2 Å². The van der Waals surface area contributed by atoms with Crippen LogP contribution in [0.4, 0.5) is 5.69 Å². The molecule has 2 rings (SSSR count). The molecule has 0 spiro atoms. The van der Waals surface area contributed by atoms with Gasteiger partial charge < -0.3 is 10.4 Å². The molecule has 0 atom stereocenters. The second-order valence-corrected chi connectivity index (χ2v) is 3.81. The summed E-state index contributed by atoms with van der Waals surface area (Å²) in [5, 5.41) is 12.8. The molecule has 0 saturated heterocycles. The molecule has 0 unspecified atom stereocenters. The van der Waals surface area contributed by atoms with E-state index in [0.717, 1.165) is 29.5 Å². The summed E-state index contributed by atoms with van der Waals surface area (Å²) in [6.07, 6.45) is 2.21. The highest BCUT2D eigenvalue weighted by Gasteiger charge is 2.13. The summed E-state index contributed by atoms with van der Waals surface area (Å²) in [7, 11) is 0. The van der Waals surface area contributed by atoms with Gasteiger partial charge in [-0.25, -0.2) is 0 Å². The van der Waals surface area contributed by atoms with Gasteiger partial charge >= 0.3 is 0 Å². The predicted molar refractivity (Wildman–Crippen MR) is 52.6 cm³/mol. The lowest BCUT2D eigenvalue weighted by atomic mass is 10.0. The first-order valence-corrected chi connectivity index (χ1v) is 4.82. The van der Waals surface area contributed by atoms with Crippen LogP contribution in [0.3, 0.4) is 0 Å². The Hall–Kier alpha value is -0.700. The lowest BCUT2D eigenvalue weighted by Crippen LogP contribution is -2.11. The number of benzene rings is 1. The number of rotatable bonds is 0. The van der Waals surface area contributed by atoms with Crippen LogP contribution in [0.1, 0.15) is 12.0 Å². The number of nitrogens with one attached hydrogen (secondary N) is 1. The zero-order valence-corrected chi connectivity index (χ0v) is 8.19. The summed E-state index contributed by atoms with van der Waals surface area (Å²) >= 11 is 3.28. The van der Waals surface area contributed by atoms with E-state index < -0.39 is 0 Å². The van der Waals surface area contributed by atoms with Gasteiger partial charge in [-0.1, -0.05) is 6.07 Å². The minimum Gasteiger partial charge on any atom is -0.505 e. The third-order valence-corrected chi connectivity index (χ3v) is 2.78.